The molecule has 0 atom stereocenters. The third kappa shape index (κ3) is 7.50. The molecule has 0 aliphatic rings. The van der Waals surface area contributed by atoms with E-state index in [9.17, 15) is 53.9 Å². The first-order valence-electron chi connectivity index (χ1n) is 7.07. The Morgan fingerprint density at radius 2 is 1.24 bits per heavy atom. The molecule has 0 bridgehead atoms. The second-order valence-electron chi connectivity index (χ2n) is 5.06. The van der Waals surface area contributed by atoms with Crippen LogP contribution in [0, 0.1) is 0 Å². The van der Waals surface area contributed by atoms with Gasteiger partial charge >= 0.3 is 36.4 Å². The van der Waals surface area contributed by atoms with Gasteiger partial charge in [0.2, 0.25) is 0 Å². The van der Waals surface area contributed by atoms with Crippen LogP contribution in [0.4, 0.5) is 39.5 Å². The van der Waals surface area contributed by atoms with Crippen molar-refractivity contribution in [3.63, 3.8) is 0 Å². The van der Waals surface area contributed by atoms with E-state index in [-0.39, 0.29) is 5.56 Å². The first-order valence-corrected chi connectivity index (χ1v) is 7.07. The fraction of sp³-hybridized carbons (Fsp3) is 0.357. The number of esters is 2. The normalized spacial score (nSPS) is 12.3. The van der Waals surface area contributed by atoms with Gasteiger partial charge in [0.1, 0.15) is 0 Å². The third-order valence-electron chi connectivity index (χ3n) is 2.83. The maximum Gasteiger partial charge on any atom is 0.491 e. The molecular weight excluding hydrogens is 433 g/mol. The first-order chi connectivity index (χ1) is 13.0. The standard InChI is InChI=1S/C14H8F9NO5/c15-12(16,17)9(25)24-4-3-6-1-2-7(28-10(26)13(18,19)20)8(5-6)29-11(27)14(21,22)23/h1-2,5H,3-4H2,(H,24,25). The van der Waals surface area contributed by atoms with Gasteiger partial charge in [0, 0.05) is 6.54 Å². The second kappa shape index (κ2) is 8.57. The minimum absolute atomic E-state index is 0.163. The molecule has 1 aromatic rings. The fourth-order valence-electron chi connectivity index (χ4n) is 1.61. The topological polar surface area (TPSA) is 81.7 Å². The van der Waals surface area contributed by atoms with E-state index in [1.165, 1.54) is 5.32 Å². The fourth-order valence-corrected chi connectivity index (χ4v) is 1.61. The number of amides is 1. The number of alkyl halides is 9. The lowest BCUT2D eigenvalue weighted by Gasteiger charge is -2.14. The number of hydrogen-bond donors (Lipinski definition) is 1. The number of ether oxygens (including phenoxy) is 2. The van der Waals surface area contributed by atoms with Gasteiger partial charge in [0.15, 0.2) is 11.5 Å². The van der Waals surface area contributed by atoms with Crippen LogP contribution in [0.1, 0.15) is 5.56 Å². The van der Waals surface area contributed by atoms with E-state index in [0.717, 1.165) is 6.07 Å². The maximum absolute atomic E-state index is 12.3. The van der Waals surface area contributed by atoms with Crippen LogP contribution in [0.15, 0.2) is 18.2 Å². The minimum atomic E-state index is -5.55. The molecule has 1 aromatic carbocycles. The first kappa shape index (κ1) is 24.0. The SMILES string of the molecule is O=C(NCCc1ccc(OC(=O)C(F)(F)F)c(OC(=O)C(F)(F)F)c1)C(F)(F)F. The highest BCUT2D eigenvalue weighted by Gasteiger charge is 2.44. The Morgan fingerprint density at radius 1 is 0.759 bits per heavy atom. The zero-order valence-electron chi connectivity index (χ0n) is 13.6. The van der Waals surface area contributed by atoms with Crippen LogP contribution in [0.5, 0.6) is 11.5 Å². The average Bonchev–Trinajstić information content (AvgIpc) is 2.54. The van der Waals surface area contributed by atoms with Crippen LogP contribution in [0.25, 0.3) is 0 Å². The van der Waals surface area contributed by atoms with Crippen molar-refractivity contribution in [3.05, 3.63) is 23.8 Å². The van der Waals surface area contributed by atoms with E-state index in [1.54, 1.807) is 0 Å². The summed E-state index contributed by atoms with van der Waals surface area (Å²) in [6.07, 6.45) is -16.7. The Morgan fingerprint density at radius 3 is 1.69 bits per heavy atom. The molecule has 162 valence electrons. The Balaban J connectivity index is 3.04. The smallest absolute Gasteiger partial charge is 0.416 e. The van der Waals surface area contributed by atoms with Crippen molar-refractivity contribution < 1.29 is 63.4 Å². The lowest BCUT2D eigenvalue weighted by molar-refractivity contribution is -0.191. The zero-order valence-corrected chi connectivity index (χ0v) is 13.6. The van der Waals surface area contributed by atoms with E-state index >= 15 is 0 Å². The van der Waals surface area contributed by atoms with Gasteiger partial charge in [-0.05, 0) is 24.1 Å². The highest BCUT2D eigenvalue weighted by Crippen LogP contribution is 2.32. The summed E-state index contributed by atoms with van der Waals surface area (Å²) in [4.78, 5) is 32.4. The van der Waals surface area contributed by atoms with E-state index in [2.05, 4.69) is 9.47 Å². The molecular formula is C14H8F9NO5. The summed E-state index contributed by atoms with van der Waals surface area (Å²) < 4.78 is 117. The summed E-state index contributed by atoms with van der Waals surface area (Å²) in [5, 5.41) is 1.44. The van der Waals surface area contributed by atoms with E-state index in [4.69, 9.17) is 0 Å². The average molecular weight is 441 g/mol. The predicted octanol–water partition coefficient (Wildman–Crippen LogP) is 2.84. The van der Waals surface area contributed by atoms with Crippen LogP contribution in [0.3, 0.4) is 0 Å². The summed E-state index contributed by atoms with van der Waals surface area (Å²) in [6, 6.07) is 1.93. The van der Waals surface area contributed by atoms with Crippen LogP contribution in [0.2, 0.25) is 0 Å². The quantitative estimate of drug-likeness (QED) is 0.432. The second-order valence-corrected chi connectivity index (χ2v) is 5.06. The third-order valence-corrected chi connectivity index (χ3v) is 2.83. The molecule has 1 N–H and O–H groups in total. The summed E-state index contributed by atoms with van der Waals surface area (Å²) in [5.41, 5.74) is -0.163. The number of nitrogens with one attached hydrogen (secondary N) is 1. The molecule has 0 saturated carbocycles. The highest BCUT2D eigenvalue weighted by atomic mass is 19.4. The summed E-state index contributed by atoms with van der Waals surface area (Å²) in [6.45, 7) is -0.674. The van der Waals surface area contributed by atoms with Crippen molar-refractivity contribution in [1.29, 1.82) is 0 Å². The molecule has 1 amide bonds. The van der Waals surface area contributed by atoms with E-state index < -0.39 is 60.8 Å². The van der Waals surface area contributed by atoms with Crippen molar-refractivity contribution in [2.75, 3.05) is 6.54 Å². The number of hydrogen-bond acceptors (Lipinski definition) is 5. The van der Waals surface area contributed by atoms with Crippen molar-refractivity contribution in [3.8, 4) is 11.5 Å². The van der Waals surface area contributed by atoms with Gasteiger partial charge in [-0.1, -0.05) is 6.07 Å². The largest absolute Gasteiger partial charge is 0.491 e. The summed E-state index contributed by atoms with van der Waals surface area (Å²) >= 11 is 0. The minimum Gasteiger partial charge on any atom is -0.416 e. The van der Waals surface area contributed by atoms with Crippen molar-refractivity contribution in [2.45, 2.75) is 24.9 Å². The van der Waals surface area contributed by atoms with Crippen LogP contribution in [-0.4, -0.2) is 42.9 Å². The Kier molecular flexibility index (Phi) is 7.10. The zero-order chi connectivity index (χ0) is 22.6. The number of benzene rings is 1. The molecule has 0 saturated heterocycles. The Hall–Kier alpha value is -3.00. The molecule has 6 nitrogen and oxygen atoms in total. The van der Waals surface area contributed by atoms with Crippen molar-refractivity contribution >= 4 is 17.8 Å². The molecule has 0 radical (unpaired) electrons. The molecule has 0 fully saturated rings. The molecule has 15 heteroatoms. The van der Waals surface area contributed by atoms with Crippen molar-refractivity contribution in [2.24, 2.45) is 0 Å². The lowest BCUT2D eigenvalue weighted by atomic mass is 10.1. The number of carbonyl (C=O) groups excluding carboxylic acids is 3. The summed E-state index contributed by atoms with van der Waals surface area (Å²) in [7, 11) is 0. The van der Waals surface area contributed by atoms with Gasteiger partial charge in [0.05, 0.1) is 0 Å². The molecule has 0 aromatic heterocycles. The summed E-state index contributed by atoms with van der Waals surface area (Å²) in [5.74, 6) is -10.4. The number of rotatable bonds is 5. The molecule has 1 rings (SSSR count). The number of carbonyl (C=O) groups is 3. The highest BCUT2D eigenvalue weighted by molar-refractivity contribution is 5.82. The molecule has 0 unspecified atom stereocenters. The van der Waals surface area contributed by atoms with Crippen molar-refractivity contribution in [1.82, 2.24) is 5.32 Å². The maximum atomic E-state index is 12.3. The van der Waals surface area contributed by atoms with Gasteiger partial charge in [-0.3, -0.25) is 4.79 Å². The van der Waals surface area contributed by atoms with Crippen LogP contribution < -0.4 is 14.8 Å². The Bertz CT molecular complexity index is 783. The molecule has 0 heterocycles. The molecule has 29 heavy (non-hydrogen) atoms. The number of halogens is 9. The lowest BCUT2D eigenvalue weighted by Crippen LogP contribution is -2.37. The van der Waals surface area contributed by atoms with Gasteiger partial charge in [0.25, 0.3) is 0 Å². The monoisotopic (exact) mass is 441 g/mol. The van der Waals surface area contributed by atoms with Gasteiger partial charge in [-0.2, -0.15) is 39.5 Å². The Labute approximate surface area is 154 Å². The van der Waals surface area contributed by atoms with E-state index in [1.807, 2.05) is 0 Å². The van der Waals surface area contributed by atoms with Crippen LogP contribution >= 0.6 is 0 Å². The molecule has 0 aliphatic heterocycles. The predicted molar refractivity (Wildman–Crippen MR) is 72.6 cm³/mol. The van der Waals surface area contributed by atoms with Gasteiger partial charge in [-0.15, -0.1) is 0 Å². The van der Waals surface area contributed by atoms with Crippen LogP contribution in [-0.2, 0) is 20.8 Å². The molecule has 0 aliphatic carbocycles. The van der Waals surface area contributed by atoms with Gasteiger partial charge < -0.3 is 14.8 Å². The van der Waals surface area contributed by atoms with Gasteiger partial charge in [-0.25, -0.2) is 9.59 Å². The molecule has 0 spiro atoms. The van der Waals surface area contributed by atoms with E-state index in [0.29, 0.717) is 12.1 Å².